The molecule has 0 spiro atoms. The highest BCUT2D eigenvalue weighted by Gasteiger charge is 2.51. The molecule has 20 atom stereocenters. The topological polar surface area (TPSA) is 97.7 Å². The Balaban J connectivity index is 1.48. The maximum Gasteiger partial charge on any atom is 0.265 e. The standard InChI is InChI=1S/C35H60Cl3NO8/c1-14-15(2)23(10)40-30(16(14)3)44-27-17(4)24(11)41-31(20(27)7)45-28-18(5)25(12)42-32(21(28)8)46-29-19(6)26(13)43-33(22(29)9)47-34(39)35(36,37)38/h14-33,39H,1-13H3/t14?,15-,16?,17+,18+,19+,20?,21?,22?,23?,24?,25?,26?,27?,28?,29?,30-,31-,32-,33-/m0/s1. The molecule has 0 radical (unpaired) electrons. The summed E-state index contributed by atoms with van der Waals surface area (Å²) < 4.78 is 49.8. The van der Waals surface area contributed by atoms with Gasteiger partial charge in [-0.05, 0) is 39.5 Å². The normalized spacial score (nSPS) is 51.4. The third kappa shape index (κ3) is 8.58. The van der Waals surface area contributed by atoms with Crippen LogP contribution in [0.25, 0.3) is 0 Å². The Morgan fingerprint density at radius 3 is 1.09 bits per heavy atom. The van der Waals surface area contributed by atoms with Crippen molar-refractivity contribution in [2.75, 3.05) is 0 Å². The minimum Gasteiger partial charge on any atom is -0.448 e. The predicted molar refractivity (Wildman–Crippen MR) is 184 cm³/mol. The van der Waals surface area contributed by atoms with Crippen molar-refractivity contribution < 1.29 is 37.9 Å². The second kappa shape index (κ2) is 15.7. The first-order valence-electron chi connectivity index (χ1n) is 17.6. The fourth-order valence-electron chi connectivity index (χ4n) is 7.69. The number of hydrogen-bond acceptors (Lipinski definition) is 9. The SMILES string of the molecule is CC1C(C)[C@H](C)C(C)O[C@H]1OC1C(C)[C@H](OC2C(C)[C@H](OC3C(C)[C@H](OC(=N)C(Cl)(Cl)Cl)OC(C)[C@H]3C)OC(C)[C@H]2C)OC(C)[C@H]1C. The lowest BCUT2D eigenvalue weighted by molar-refractivity contribution is -0.353. The Bertz CT molecular complexity index is 1050. The van der Waals surface area contributed by atoms with Gasteiger partial charge in [-0.3, -0.25) is 5.41 Å². The van der Waals surface area contributed by atoms with E-state index in [2.05, 4.69) is 76.2 Å². The molecule has 4 aliphatic rings. The van der Waals surface area contributed by atoms with Crippen LogP contribution in [-0.4, -0.2) is 77.6 Å². The van der Waals surface area contributed by atoms with Crippen LogP contribution < -0.4 is 0 Å². The first kappa shape index (κ1) is 39.8. The van der Waals surface area contributed by atoms with E-state index in [-0.39, 0.29) is 90.4 Å². The van der Waals surface area contributed by atoms with Crippen LogP contribution in [-0.2, 0) is 37.9 Å². The Morgan fingerprint density at radius 1 is 0.426 bits per heavy atom. The van der Waals surface area contributed by atoms with E-state index >= 15 is 0 Å². The third-order valence-electron chi connectivity index (χ3n) is 12.2. The molecule has 0 aromatic carbocycles. The molecule has 0 aromatic heterocycles. The summed E-state index contributed by atoms with van der Waals surface area (Å²) in [4.78, 5) is 0. The van der Waals surface area contributed by atoms with E-state index in [0.717, 1.165) is 0 Å². The fraction of sp³-hybridized carbons (Fsp3) is 0.971. The molecule has 274 valence electrons. The van der Waals surface area contributed by atoms with Crippen LogP contribution in [0, 0.1) is 58.7 Å². The lowest BCUT2D eigenvalue weighted by atomic mass is 9.79. The number of alkyl halides is 3. The highest BCUT2D eigenvalue weighted by molar-refractivity contribution is 6.76. The van der Waals surface area contributed by atoms with Crippen molar-refractivity contribution in [3.05, 3.63) is 0 Å². The molecule has 12 unspecified atom stereocenters. The Morgan fingerprint density at radius 2 is 0.723 bits per heavy atom. The molecule has 0 aromatic rings. The Labute approximate surface area is 298 Å². The number of ether oxygens (including phenoxy) is 8. The summed E-state index contributed by atoms with van der Waals surface area (Å²) in [7, 11) is 0. The highest BCUT2D eigenvalue weighted by atomic mass is 35.6. The second-order valence-corrected chi connectivity index (χ2v) is 17.6. The van der Waals surface area contributed by atoms with E-state index in [1.807, 2.05) is 13.8 Å². The molecular weight excluding hydrogens is 669 g/mol. The predicted octanol–water partition coefficient (Wildman–Crippen LogP) is 8.21. The number of halogens is 3. The van der Waals surface area contributed by atoms with Gasteiger partial charge >= 0.3 is 0 Å². The zero-order valence-electron chi connectivity index (χ0n) is 30.4. The molecule has 1 N–H and O–H groups in total. The van der Waals surface area contributed by atoms with Crippen molar-refractivity contribution in [1.29, 1.82) is 5.41 Å². The molecule has 4 saturated heterocycles. The summed E-state index contributed by atoms with van der Waals surface area (Å²) >= 11 is 17.7. The number of rotatable bonds is 7. The van der Waals surface area contributed by atoms with E-state index in [4.69, 9.17) is 78.1 Å². The maximum absolute atomic E-state index is 8.09. The van der Waals surface area contributed by atoms with Gasteiger partial charge < -0.3 is 37.9 Å². The summed E-state index contributed by atoms with van der Waals surface area (Å²) in [5.41, 5.74) is 0. The minimum absolute atomic E-state index is 0.0105. The third-order valence-corrected chi connectivity index (χ3v) is 12.7. The molecule has 0 aliphatic carbocycles. The summed E-state index contributed by atoms with van der Waals surface area (Å²) in [5.74, 6) is 0.598. The van der Waals surface area contributed by atoms with Crippen LogP contribution in [0.2, 0.25) is 0 Å². The molecule has 4 rings (SSSR count). The van der Waals surface area contributed by atoms with E-state index in [1.54, 1.807) is 0 Å². The van der Waals surface area contributed by atoms with Gasteiger partial charge in [0.1, 0.15) is 0 Å². The van der Waals surface area contributed by atoms with E-state index < -0.39 is 28.6 Å². The van der Waals surface area contributed by atoms with Crippen molar-refractivity contribution in [2.45, 2.75) is 162 Å². The highest BCUT2D eigenvalue weighted by Crippen LogP contribution is 2.43. The second-order valence-electron chi connectivity index (χ2n) is 15.3. The van der Waals surface area contributed by atoms with Crippen molar-refractivity contribution in [1.82, 2.24) is 0 Å². The zero-order valence-corrected chi connectivity index (χ0v) is 32.7. The lowest BCUT2D eigenvalue weighted by Crippen LogP contribution is -2.58. The van der Waals surface area contributed by atoms with Gasteiger partial charge in [-0.1, -0.05) is 97.1 Å². The lowest BCUT2D eigenvalue weighted by Gasteiger charge is -2.51. The molecule has 4 aliphatic heterocycles. The van der Waals surface area contributed by atoms with Crippen molar-refractivity contribution >= 4 is 40.7 Å². The molecule has 4 fully saturated rings. The fourth-order valence-corrected chi connectivity index (χ4v) is 7.82. The van der Waals surface area contributed by atoms with Gasteiger partial charge in [-0.15, -0.1) is 0 Å². The number of hydrogen-bond donors (Lipinski definition) is 1. The molecule has 4 heterocycles. The molecule has 0 saturated carbocycles. The van der Waals surface area contributed by atoms with Crippen LogP contribution in [0.5, 0.6) is 0 Å². The van der Waals surface area contributed by atoms with Gasteiger partial charge in [-0.2, -0.15) is 0 Å². The first-order chi connectivity index (χ1) is 21.7. The van der Waals surface area contributed by atoms with Crippen LogP contribution in [0.1, 0.15) is 90.0 Å². The van der Waals surface area contributed by atoms with Crippen molar-refractivity contribution in [2.24, 2.45) is 53.3 Å². The van der Waals surface area contributed by atoms with Gasteiger partial charge in [0.2, 0.25) is 12.2 Å². The van der Waals surface area contributed by atoms with Gasteiger partial charge in [0, 0.05) is 41.4 Å². The summed E-state index contributed by atoms with van der Waals surface area (Å²) in [6, 6.07) is 0. The Kier molecular flexibility index (Phi) is 13.3. The van der Waals surface area contributed by atoms with E-state index in [0.29, 0.717) is 11.8 Å². The molecule has 0 amide bonds. The first-order valence-corrected chi connectivity index (χ1v) is 18.8. The number of nitrogens with one attached hydrogen (secondary N) is 1. The maximum atomic E-state index is 8.09. The van der Waals surface area contributed by atoms with E-state index in [9.17, 15) is 0 Å². The van der Waals surface area contributed by atoms with Crippen LogP contribution in [0.3, 0.4) is 0 Å². The molecular formula is C35H60Cl3NO8. The smallest absolute Gasteiger partial charge is 0.265 e. The van der Waals surface area contributed by atoms with Gasteiger partial charge in [0.15, 0.2) is 18.9 Å². The summed E-state index contributed by atoms with van der Waals surface area (Å²) in [5, 5.41) is 8.09. The van der Waals surface area contributed by atoms with Gasteiger partial charge in [0.25, 0.3) is 3.79 Å². The summed E-state index contributed by atoms with van der Waals surface area (Å²) in [6.45, 7) is 27.7. The molecule has 0 bridgehead atoms. The van der Waals surface area contributed by atoms with E-state index in [1.165, 1.54) is 0 Å². The average Bonchev–Trinajstić information content (AvgIpc) is 3.00. The Hall–Kier alpha value is 0.0600. The molecule has 47 heavy (non-hydrogen) atoms. The van der Waals surface area contributed by atoms with Crippen molar-refractivity contribution in [3.63, 3.8) is 0 Å². The minimum atomic E-state index is -1.99. The summed E-state index contributed by atoms with van der Waals surface area (Å²) in [6.07, 6.45) is -2.99. The van der Waals surface area contributed by atoms with Gasteiger partial charge in [-0.25, -0.2) is 0 Å². The molecule has 9 nitrogen and oxygen atoms in total. The van der Waals surface area contributed by atoms with Crippen LogP contribution >= 0.6 is 34.8 Å². The van der Waals surface area contributed by atoms with Crippen LogP contribution in [0.15, 0.2) is 0 Å². The molecule has 12 heteroatoms. The van der Waals surface area contributed by atoms with Gasteiger partial charge in [0.05, 0.1) is 42.7 Å². The quantitative estimate of drug-likeness (QED) is 0.159. The van der Waals surface area contributed by atoms with Crippen LogP contribution in [0.4, 0.5) is 0 Å². The van der Waals surface area contributed by atoms with Crippen molar-refractivity contribution in [3.8, 4) is 0 Å². The largest absolute Gasteiger partial charge is 0.448 e. The zero-order chi connectivity index (χ0) is 35.3. The average molecular weight is 729 g/mol. The monoisotopic (exact) mass is 727 g/mol.